The van der Waals surface area contributed by atoms with Crippen LogP contribution in [0.2, 0.25) is 0 Å². The van der Waals surface area contributed by atoms with E-state index in [0.717, 1.165) is 12.8 Å². The van der Waals surface area contributed by atoms with Crippen LogP contribution in [-0.2, 0) is 0 Å². The van der Waals surface area contributed by atoms with Crippen molar-refractivity contribution in [1.82, 2.24) is 0 Å². The van der Waals surface area contributed by atoms with Crippen LogP contribution >= 0.6 is 0 Å². The molecule has 0 aromatic rings. The second-order valence-corrected chi connectivity index (χ2v) is 3.20. The summed E-state index contributed by atoms with van der Waals surface area (Å²) in [6.07, 6.45) is 23.5. The second kappa shape index (κ2) is 7.60. The lowest BCUT2D eigenvalue weighted by molar-refractivity contribution is 0.866. The highest BCUT2D eigenvalue weighted by molar-refractivity contribution is 5.06. The van der Waals surface area contributed by atoms with E-state index < -0.39 is 0 Å². The summed E-state index contributed by atoms with van der Waals surface area (Å²) in [4.78, 5) is 0. The summed E-state index contributed by atoms with van der Waals surface area (Å²) in [6.45, 7) is 0. The SMILES string of the molecule is C1=CCCC/C=C/C=C\C/C=C/C1. The molecule has 0 heteroatoms. The van der Waals surface area contributed by atoms with E-state index in [4.69, 9.17) is 0 Å². The molecule has 1 rings (SSSR count). The van der Waals surface area contributed by atoms with Crippen LogP contribution in [0.4, 0.5) is 0 Å². The molecule has 0 fully saturated rings. The fraction of sp³-hybridized carbons (Fsp3) is 0.385. The van der Waals surface area contributed by atoms with Crippen LogP contribution in [0.15, 0.2) is 48.6 Å². The van der Waals surface area contributed by atoms with Crippen LogP contribution in [0.3, 0.4) is 0 Å². The summed E-state index contributed by atoms with van der Waals surface area (Å²) in [6, 6.07) is 0. The van der Waals surface area contributed by atoms with Gasteiger partial charge in [0.05, 0.1) is 0 Å². The molecular weight excluding hydrogens is 156 g/mol. The van der Waals surface area contributed by atoms with Crippen LogP contribution < -0.4 is 0 Å². The first-order valence-electron chi connectivity index (χ1n) is 5.12. The van der Waals surface area contributed by atoms with E-state index >= 15 is 0 Å². The highest BCUT2D eigenvalue weighted by Crippen LogP contribution is 2.01. The molecule has 0 saturated carbocycles. The molecule has 0 aromatic carbocycles. The molecule has 70 valence electrons. The van der Waals surface area contributed by atoms with Gasteiger partial charge in [0.25, 0.3) is 0 Å². The molecule has 1 aliphatic carbocycles. The van der Waals surface area contributed by atoms with Crippen LogP contribution in [0.1, 0.15) is 32.1 Å². The fourth-order valence-corrected chi connectivity index (χ4v) is 1.25. The average molecular weight is 174 g/mol. The molecule has 0 aromatic heterocycles. The van der Waals surface area contributed by atoms with Gasteiger partial charge < -0.3 is 0 Å². The Morgan fingerprint density at radius 2 is 1.15 bits per heavy atom. The third kappa shape index (κ3) is 6.15. The summed E-state index contributed by atoms with van der Waals surface area (Å²) < 4.78 is 0. The van der Waals surface area contributed by atoms with Gasteiger partial charge in [0, 0.05) is 0 Å². The Morgan fingerprint density at radius 3 is 2.08 bits per heavy atom. The molecule has 0 unspecified atom stereocenters. The van der Waals surface area contributed by atoms with Crippen molar-refractivity contribution in [2.75, 3.05) is 0 Å². The topological polar surface area (TPSA) is 0 Å². The van der Waals surface area contributed by atoms with Crippen molar-refractivity contribution >= 4 is 0 Å². The predicted octanol–water partition coefficient (Wildman–Crippen LogP) is 4.18. The van der Waals surface area contributed by atoms with Gasteiger partial charge in [-0.2, -0.15) is 0 Å². The molecule has 0 spiro atoms. The zero-order valence-electron chi connectivity index (χ0n) is 8.15. The highest BCUT2D eigenvalue weighted by atomic mass is 13.9. The molecule has 0 aliphatic heterocycles. The van der Waals surface area contributed by atoms with Crippen molar-refractivity contribution < 1.29 is 0 Å². The maximum Gasteiger partial charge on any atom is -0.0166 e. The molecule has 1 aliphatic rings. The maximum absolute atomic E-state index is 2.28. The summed E-state index contributed by atoms with van der Waals surface area (Å²) >= 11 is 0. The lowest BCUT2D eigenvalue weighted by atomic mass is 10.2. The third-order valence-electron chi connectivity index (χ3n) is 2.00. The normalized spacial score (nSPS) is 26.5. The average Bonchev–Trinajstić information content (AvgIpc) is 2.18. The Bertz CT molecular complexity index is 216. The molecule has 0 saturated heterocycles. The van der Waals surface area contributed by atoms with Crippen LogP contribution in [0, 0.1) is 0 Å². The molecule has 0 heterocycles. The van der Waals surface area contributed by atoms with Gasteiger partial charge in [-0.15, -0.1) is 0 Å². The zero-order valence-corrected chi connectivity index (χ0v) is 8.15. The van der Waals surface area contributed by atoms with E-state index in [0.29, 0.717) is 0 Å². The van der Waals surface area contributed by atoms with Gasteiger partial charge >= 0.3 is 0 Å². The first kappa shape index (κ1) is 10.0. The molecule has 13 heavy (non-hydrogen) atoms. The van der Waals surface area contributed by atoms with Crippen molar-refractivity contribution in [3.8, 4) is 0 Å². The lowest BCUT2D eigenvalue weighted by Crippen LogP contribution is -1.68. The lowest BCUT2D eigenvalue weighted by Gasteiger charge is -1.88. The van der Waals surface area contributed by atoms with Crippen molar-refractivity contribution in [3.05, 3.63) is 48.6 Å². The monoisotopic (exact) mass is 174 g/mol. The summed E-state index contributed by atoms with van der Waals surface area (Å²) in [5.74, 6) is 0. The largest absolute Gasteiger partial charge is 0.0882 e. The first-order chi connectivity index (χ1) is 6.50. The number of hydrogen-bond donors (Lipinski definition) is 0. The first-order valence-corrected chi connectivity index (χ1v) is 5.12. The third-order valence-corrected chi connectivity index (χ3v) is 2.00. The van der Waals surface area contributed by atoms with Crippen LogP contribution in [0.5, 0.6) is 0 Å². The Balaban J connectivity index is 2.38. The van der Waals surface area contributed by atoms with E-state index in [1.54, 1.807) is 0 Å². The smallest absolute Gasteiger partial charge is 0.0166 e. The second-order valence-electron chi connectivity index (χ2n) is 3.20. The number of hydrogen-bond acceptors (Lipinski definition) is 0. The molecule has 0 amide bonds. The van der Waals surface area contributed by atoms with Gasteiger partial charge in [-0.25, -0.2) is 0 Å². The quantitative estimate of drug-likeness (QED) is 0.483. The van der Waals surface area contributed by atoms with Gasteiger partial charge in [-0.3, -0.25) is 0 Å². The van der Waals surface area contributed by atoms with Gasteiger partial charge in [0.15, 0.2) is 0 Å². The Hall–Kier alpha value is -1.04. The van der Waals surface area contributed by atoms with Gasteiger partial charge in [0.2, 0.25) is 0 Å². The van der Waals surface area contributed by atoms with Crippen LogP contribution in [0.25, 0.3) is 0 Å². The zero-order chi connectivity index (χ0) is 9.19. The Morgan fingerprint density at radius 1 is 0.538 bits per heavy atom. The highest BCUT2D eigenvalue weighted by Gasteiger charge is 1.80. The van der Waals surface area contributed by atoms with Crippen LogP contribution in [-0.4, -0.2) is 0 Å². The summed E-state index contributed by atoms with van der Waals surface area (Å²) in [5.41, 5.74) is 0. The molecule has 0 atom stereocenters. The minimum absolute atomic E-state index is 1.05. The summed E-state index contributed by atoms with van der Waals surface area (Å²) in [5, 5.41) is 0. The van der Waals surface area contributed by atoms with Gasteiger partial charge in [-0.1, -0.05) is 48.6 Å². The van der Waals surface area contributed by atoms with Crippen molar-refractivity contribution in [3.63, 3.8) is 0 Å². The van der Waals surface area contributed by atoms with E-state index in [2.05, 4.69) is 48.6 Å². The molecular formula is C13H18. The van der Waals surface area contributed by atoms with E-state index in [9.17, 15) is 0 Å². The Labute approximate surface area is 81.4 Å². The summed E-state index contributed by atoms with van der Waals surface area (Å²) in [7, 11) is 0. The standard InChI is InChI=1S/C13H18/c1-2-4-6-8-10-12-13-11-9-7-5-3-1/h1-4,7,9,12-13H,5-6,8,10-11H2/b3-1-,4-2+,9-7+,13-12?. The van der Waals surface area contributed by atoms with E-state index in [1.807, 2.05) is 0 Å². The number of rotatable bonds is 0. The maximum atomic E-state index is 2.28. The van der Waals surface area contributed by atoms with Gasteiger partial charge in [-0.05, 0) is 32.1 Å². The van der Waals surface area contributed by atoms with E-state index in [1.165, 1.54) is 19.3 Å². The van der Waals surface area contributed by atoms with Crippen molar-refractivity contribution in [2.45, 2.75) is 32.1 Å². The minimum Gasteiger partial charge on any atom is -0.0882 e. The van der Waals surface area contributed by atoms with Crippen molar-refractivity contribution in [1.29, 1.82) is 0 Å². The molecule has 0 radical (unpaired) electrons. The molecule has 0 bridgehead atoms. The fourth-order valence-electron chi connectivity index (χ4n) is 1.25. The molecule has 0 N–H and O–H groups in total. The minimum atomic E-state index is 1.05. The Kier molecular flexibility index (Phi) is 5.87. The van der Waals surface area contributed by atoms with Gasteiger partial charge in [0.1, 0.15) is 0 Å². The number of allylic oxidation sites excluding steroid dienone is 8. The molecule has 0 nitrogen and oxygen atoms in total. The van der Waals surface area contributed by atoms with Crippen molar-refractivity contribution in [2.24, 2.45) is 0 Å². The van der Waals surface area contributed by atoms with E-state index in [-0.39, 0.29) is 0 Å². The predicted molar refractivity (Wildman–Crippen MR) is 59.6 cm³/mol.